The van der Waals surface area contributed by atoms with Crippen molar-refractivity contribution >= 4 is 11.7 Å². The number of nitrogens with zero attached hydrogens (tertiary/aromatic N) is 4. The Balaban J connectivity index is 1.81. The summed E-state index contributed by atoms with van der Waals surface area (Å²) in [6.45, 7) is 4.34. The van der Waals surface area contributed by atoms with Crippen LogP contribution in [-0.2, 0) is 11.2 Å². The summed E-state index contributed by atoms with van der Waals surface area (Å²) in [6, 6.07) is 3.82. The van der Waals surface area contributed by atoms with Crippen molar-refractivity contribution in [2.24, 2.45) is 0 Å². The number of carbonyl (C=O) groups excluding carboxylic acids is 1. The van der Waals surface area contributed by atoms with Gasteiger partial charge in [-0.3, -0.25) is 0 Å². The zero-order valence-electron chi connectivity index (χ0n) is 12.1. The van der Waals surface area contributed by atoms with Crippen LogP contribution in [0.4, 0.5) is 4.79 Å². The molecule has 0 unspecified atom stereocenters. The molecule has 0 aliphatic carbocycles. The van der Waals surface area contributed by atoms with Gasteiger partial charge in [-0.1, -0.05) is 0 Å². The lowest BCUT2D eigenvalue weighted by Crippen LogP contribution is -2.30. The van der Waals surface area contributed by atoms with E-state index >= 15 is 0 Å². The van der Waals surface area contributed by atoms with Crippen LogP contribution >= 0.6 is 0 Å². The van der Waals surface area contributed by atoms with Gasteiger partial charge in [-0.25, -0.2) is 14.3 Å². The Bertz CT molecular complexity index is 579. The molecule has 0 aliphatic rings. The van der Waals surface area contributed by atoms with E-state index in [9.17, 15) is 4.79 Å². The fourth-order valence-electron chi connectivity index (χ4n) is 1.87. The Morgan fingerprint density at radius 1 is 1.45 bits per heavy atom. The van der Waals surface area contributed by atoms with E-state index in [-0.39, 0.29) is 12.2 Å². The largest absolute Gasteiger partial charge is 0.447 e. The molecule has 2 aromatic heterocycles. The summed E-state index contributed by atoms with van der Waals surface area (Å²) in [5, 5.41) is 4.10. The van der Waals surface area contributed by atoms with Crippen molar-refractivity contribution < 1.29 is 9.53 Å². The number of hydrogen-bond acceptors (Lipinski definition) is 4. The van der Waals surface area contributed by atoms with Crippen LogP contribution in [0.3, 0.4) is 0 Å². The van der Waals surface area contributed by atoms with E-state index in [0.29, 0.717) is 6.54 Å². The van der Waals surface area contributed by atoms with Crippen LogP contribution in [-0.4, -0.2) is 45.3 Å². The molecular weight excluding hydrogens is 256 g/mol. The summed E-state index contributed by atoms with van der Waals surface area (Å²) in [4.78, 5) is 17.7. The SMILES string of the molecule is CC(C)OC(=O)N(C)CCCc1ccn2nccc2n1. The molecule has 0 aromatic carbocycles. The van der Waals surface area contributed by atoms with Gasteiger partial charge in [0.2, 0.25) is 0 Å². The molecule has 0 bridgehead atoms. The predicted octanol–water partition coefficient (Wildman–Crippen LogP) is 2.14. The number of amides is 1. The van der Waals surface area contributed by atoms with Crippen molar-refractivity contribution in [3.8, 4) is 0 Å². The average Bonchev–Trinajstić information content (AvgIpc) is 2.85. The molecule has 6 heteroatoms. The number of ether oxygens (including phenoxy) is 1. The van der Waals surface area contributed by atoms with Gasteiger partial charge in [0.15, 0.2) is 5.65 Å². The van der Waals surface area contributed by atoms with Crippen molar-refractivity contribution in [1.82, 2.24) is 19.5 Å². The van der Waals surface area contributed by atoms with Gasteiger partial charge < -0.3 is 9.64 Å². The van der Waals surface area contributed by atoms with Gasteiger partial charge in [0.1, 0.15) is 0 Å². The number of carbonyl (C=O) groups is 1. The Morgan fingerprint density at radius 2 is 2.25 bits per heavy atom. The highest BCUT2D eigenvalue weighted by Gasteiger charge is 2.11. The molecule has 0 atom stereocenters. The molecule has 0 saturated heterocycles. The van der Waals surface area contributed by atoms with E-state index in [1.807, 2.05) is 32.2 Å². The van der Waals surface area contributed by atoms with Crippen LogP contribution in [0.25, 0.3) is 5.65 Å². The van der Waals surface area contributed by atoms with Gasteiger partial charge in [0.05, 0.1) is 12.3 Å². The summed E-state index contributed by atoms with van der Waals surface area (Å²) >= 11 is 0. The monoisotopic (exact) mass is 276 g/mol. The first kappa shape index (κ1) is 14.3. The highest BCUT2D eigenvalue weighted by Crippen LogP contribution is 2.05. The second-order valence-corrected chi connectivity index (χ2v) is 5.01. The summed E-state index contributed by atoms with van der Waals surface area (Å²) in [5.74, 6) is 0. The molecule has 0 saturated carbocycles. The summed E-state index contributed by atoms with van der Waals surface area (Å²) < 4.78 is 6.85. The molecule has 0 spiro atoms. The van der Waals surface area contributed by atoms with E-state index in [2.05, 4.69) is 10.1 Å². The van der Waals surface area contributed by atoms with Crippen molar-refractivity contribution in [3.63, 3.8) is 0 Å². The summed E-state index contributed by atoms with van der Waals surface area (Å²) in [5.41, 5.74) is 1.85. The maximum absolute atomic E-state index is 11.6. The van der Waals surface area contributed by atoms with Crippen LogP contribution in [0.15, 0.2) is 24.5 Å². The lowest BCUT2D eigenvalue weighted by molar-refractivity contribution is 0.0838. The zero-order valence-corrected chi connectivity index (χ0v) is 12.1. The minimum absolute atomic E-state index is 0.0871. The first-order valence-corrected chi connectivity index (χ1v) is 6.77. The van der Waals surface area contributed by atoms with Crippen LogP contribution in [0.5, 0.6) is 0 Å². The number of rotatable bonds is 5. The Labute approximate surface area is 118 Å². The standard InChI is InChI=1S/C14H20N4O2/c1-11(2)20-14(19)17(3)9-4-5-12-7-10-18-13(16-12)6-8-15-18/h6-8,10-11H,4-5,9H2,1-3H3. The molecule has 0 N–H and O–H groups in total. The van der Waals surface area contributed by atoms with Crippen LogP contribution < -0.4 is 0 Å². The fraction of sp³-hybridized carbons (Fsp3) is 0.500. The molecular formula is C14H20N4O2. The Kier molecular flexibility index (Phi) is 4.55. The first-order chi connectivity index (χ1) is 9.56. The van der Waals surface area contributed by atoms with Gasteiger partial charge in [-0.2, -0.15) is 5.10 Å². The number of aromatic nitrogens is 3. The molecule has 2 aromatic rings. The summed E-state index contributed by atoms with van der Waals surface area (Å²) in [7, 11) is 1.75. The quantitative estimate of drug-likeness (QED) is 0.839. The second kappa shape index (κ2) is 6.36. The lowest BCUT2D eigenvalue weighted by atomic mass is 10.2. The van der Waals surface area contributed by atoms with Crippen LogP contribution in [0.1, 0.15) is 26.0 Å². The number of fused-ring (bicyclic) bond motifs is 1. The molecule has 0 radical (unpaired) electrons. The van der Waals surface area contributed by atoms with Crippen molar-refractivity contribution in [2.75, 3.05) is 13.6 Å². The van der Waals surface area contributed by atoms with Gasteiger partial charge in [-0.05, 0) is 32.8 Å². The van der Waals surface area contributed by atoms with Crippen molar-refractivity contribution in [1.29, 1.82) is 0 Å². The lowest BCUT2D eigenvalue weighted by Gasteiger charge is -2.18. The first-order valence-electron chi connectivity index (χ1n) is 6.77. The predicted molar refractivity (Wildman–Crippen MR) is 75.6 cm³/mol. The second-order valence-electron chi connectivity index (χ2n) is 5.01. The van der Waals surface area contributed by atoms with E-state index < -0.39 is 0 Å². The van der Waals surface area contributed by atoms with E-state index in [1.165, 1.54) is 0 Å². The maximum atomic E-state index is 11.6. The minimum Gasteiger partial charge on any atom is -0.447 e. The van der Waals surface area contributed by atoms with E-state index in [1.54, 1.807) is 22.7 Å². The third kappa shape index (κ3) is 3.69. The summed E-state index contributed by atoms with van der Waals surface area (Å²) in [6.07, 6.45) is 4.92. The van der Waals surface area contributed by atoms with E-state index in [0.717, 1.165) is 24.2 Å². The number of aryl methyl sites for hydroxylation is 1. The number of hydrogen-bond donors (Lipinski definition) is 0. The molecule has 20 heavy (non-hydrogen) atoms. The Morgan fingerprint density at radius 3 is 3.00 bits per heavy atom. The normalized spacial score (nSPS) is 11.0. The van der Waals surface area contributed by atoms with Crippen molar-refractivity contribution in [3.05, 3.63) is 30.2 Å². The highest BCUT2D eigenvalue weighted by atomic mass is 16.6. The molecule has 0 aliphatic heterocycles. The van der Waals surface area contributed by atoms with Crippen LogP contribution in [0.2, 0.25) is 0 Å². The minimum atomic E-state index is -0.279. The fourth-order valence-corrected chi connectivity index (χ4v) is 1.87. The molecule has 6 nitrogen and oxygen atoms in total. The third-order valence-corrected chi connectivity index (χ3v) is 2.89. The van der Waals surface area contributed by atoms with Gasteiger partial charge >= 0.3 is 6.09 Å². The van der Waals surface area contributed by atoms with Crippen LogP contribution in [0, 0.1) is 0 Å². The molecule has 108 valence electrons. The molecule has 1 amide bonds. The third-order valence-electron chi connectivity index (χ3n) is 2.89. The van der Waals surface area contributed by atoms with E-state index in [4.69, 9.17) is 4.74 Å². The topological polar surface area (TPSA) is 59.7 Å². The molecule has 2 heterocycles. The van der Waals surface area contributed by atoms with Gasteiger partial charge in [-0.15, -0.1) is 0 Å². The van der Waals surface area contributed by atoms with Gasteiger partial charge in [0.25, 0.3) is 0 Å². The highest BCUT2D eigenvalue weighted by molar-refractivity contribution is 5.67. The molecule has 2 rings (SSSR count). The Hall–Kier alpha value is -2.11. The van der Waals surface area contributed by atoms with Gasteiger partial charge in [0, 0.05) is 31.5 Å². The maximum Gasteiger partial charge on any atom is 0.409 e. The zero-order chi connectivity index (χ0) is 14.5. The van der Waals surface area contributed by atoms with Crippen molar-refractivity contribution in [2.45, 2.75) is 32.8 Å². The average molecular weight is 276 g/mol. The molecule has 0 fully saturated rings. The smallest absolute Gasteiger partial charge is 0.409 e.